The monoisotopic (exact) mass is 346 g/mol. The van der Waals surface area contributed by atoms with E-state index >= 15 is 0 Å². The lowest BCUT2D eigenvalue weighted by molar-refractivity contribution is 0.0173. The maximum absolute atomic E-state index is 12.8. The summed E-state index contributed by atoms with van der Waals surface area (Å²) in [7, 11) is 0. The maximum Gasteiger partial charge on any atom is 0.187 e. The number of ether oxygens (including phenoxy) is 1. The molecule has 1 N–H and O–H groups in total. The Hall–Kier alpha value is -2.09. The number of halogens is 2. The number of nitriles is 1. The number of hydrogen-bond acceptors (Lipinski definition) is 3. The SMILES string of the molecule is CCCC(NCCF)(Oc1cc(Cl)ccc1C#N)c1ccccc1. The smallest absolute Gasteiger partial charge is 0.187 e. The Kier molecular flexibility index (Phi) is 6.60. The van der Waals surface area contributed by atoms with Crippen LogP contribution in [0.25, 0.3) is 0 Å². The van der Waals surface area contributed by atoms with Crippen molar-refractivity contribution in [1.29, 1.82) is 5.26 Å². The van der Waals surface area contributed by atoms with Gasteiger partial charge in [-0.15, -0.1) is 0 Å². The van der Waals surface area contributed by atoms with Crippen molar-refractivity contribution in [3.05, 3.63) is 64.7 Å². The summed E-state index contributed by atoms with van der Waals surface area (Å²) in [6.45, 7) is 1.67. The van der Waals surface area contributed by atoms with Gasteiger partial charge in [-0.3, -0.25) is 5.32 Å². The third-order valence-corrected chi connectivity index (χ3v) is 3.93. The summed E-state index contributed by atoms with van der Waals surface area (Å²) < 4.78 is 19.1. The van der Waals surface area contributed by atoms with Gasteiger partial charge in [0.05, 0.1) is 5.56 Å². The molecule has 0 saturated heterocycles. The molecule has 0 heterocycles. The highest BCUT2D eigenvalue weighted by atomic mass is 35.5. The quantitative estimate of drug-likeness (QED) is 0.698. The molecule has 0 aliphatic heterocycles. The lowest BCUT2D eigenvalue weighted by Crippen LogP contribution is -2.48. The first kappa shape index (κ1) is 18.3. The number of benzene rings is 2. The summed E-state index contributed by atoms with van der Waals surface area (Å²) in [6, 6.07) is 16.6. The predicted molar refractivity (Wildman–Crippen MR) is 93.8 cm³/mol. The minimum absolute atomic E-state index is 0.150. The summed E-state index contributed by atoms with van der Waals surface area (Å²) in [5.74, 6) is 0.383. The maximum atomic E-state index is 12.8. The van der Waals surface area contributed by atoms with Crippen LogP contribution in [0, 0.1) is 11.3 Å². The van der Waals surface area contributed by atoms with E-state index in [4.69, 9.17) is 16.3 Å². The van der Waals surface area contributed by atoms with Crippen LogP contribution in [0.1, 0.15) is 30.9 Å². The fraction of sp³-hybridized carbons (Fsp3) is 0.316. The van der Waals surface area contributed by atoms with Crippen LogP contribution < -0.4 is 10.1 Å². The fourth-order valence-electron chi connectivity index (χ4n) is 2.65. The number of nitrogens with zero attached hydrogens (tertiary/aromatic N) is 1. The molecule has 0 aliphatic carbocycles. The Bertz CT molecular complexity index is 702. The van der Waals surface area contributed by atoms with Gasteiger partial charge in [-0.25, -0.2) is 4.39 Å². The molecule has 0 bridgehead atoms. The molecule has 0 amide bonds. The molecule has 2 aromatic rings. The third kappa shape index (κ3) is 4.25. The van der Waals surface area contributed by atoms with Crippen LogP contribution in [0.4, 0.5) is 4.39 Å². The average molecular weight is 347 g/mol. The largest absolute Gasteiger partial charge is 0.467 e. The molecule has 0 aliphatic rings. The molecule has 0 aromatic heterocycles. The van der Waals surface area contributed by atoms with E-state index in [-0.39, 0.29) is 6.54 Å². The fourth-order valence-corrected chi connectivity index (χ4v) is 2.81. The zero-order chi connectivity index (χ0) is 17.4. The van der Waals surface area contributed by atoms with Crippen LogP contribution in [0.3, 0.4) is 0 Å². The van der Waals surface area contributed by atoms with Gasteiger partial charge in [-0.05, 0) is 12.1 Å². The van der Waals surface area contributed by atoms with E-state index < -0.39 is 12.4 Å². The van der Waals surface area contributed by atoms with Gasteiger partial charge in [0.25, 0.3) is 0 Å². The molecule has 0 fully saturated rings. The van der Waals surface area contributed by atoms with E-state index in [1.165, 1.54) is 0 Å². The van der Waals surface area contributed by atoms with Gasteiger partial charge in [0.1, 0.15) is 18.5 Å². The van der Waals surface area contributed by atoms with Gasteiger partial charge in [0, 0.05) is 29.6 Å². The van der Waals surface area contributed by atoms with Crippen LogP contribution >= 0.6 is 11.6 Å². The van der Waals surface area contributed by atoms with E-state index in [1.807, 2.05) is 37.3 Å². The normalized spacial score (nSPS) is 13.1. The standard InChI is InChI=1S/C19H20ClFN2O/c1-2-10-19(23-12-11-21,16-6-4-3-5-7-16)24-18-13-17(20)9-8-15(18)14-22/h3-9,13,23H,2,10-12H2,1H3. The highest BCUT2D eigenvalue weighted by Gasteiger charge is 2.34. The third-order valence-electron chi connectivity index (χ3n) is 3.70. The lowest BCUT2D eigenvalue weighted by atomic mass is 9.97. The second kappa shape index (κ2) is 8.68. The Morgan fingerprint density at radius 1 is 1.25 bits per heavy atom. The van der Waals surface area contributed by atoms with Gasteiger partial charge >= 0.3 is 0 Å². The zero-order valence-corrected chi connectivity index (χ0v) is 14.3. The van der Waals surface area contributed by atoms with Crippen molar-refractivity contribution in [2.24, 2.45) is 0 Å². The van der Waals surface area contributed by atoms with Crippen molar-refractivity contribution in [3.8, 4) is 11.8 Å². The molecule has 2 rings (SSSR count). The van der Waals surface area contributed by atoms with E-state index in [2.05, 4.69) is 11.4 Å². The molecule has 2 aromatic carbocycles. The van der Waals surface area contributed by atoms with Crippen LogP contribution in [-0.4, -0.2) is 13.2 Å². The Labute approximate surface area is 147 Å². The molecule has 126 valence electrons. The molecular weight excluding hydrogens is 327 g/mol. The van der Waals surface area contributed by atoms with Crippen LogP contribution in [0.15, 0.2) is 48.5 Å². The highest BCUT2D eigenvalue weighted by Crippen LogP contribution is 2.33. The van der Waals surface area contributed by atoms with Crippen LogP contribution in [0.5, 0.6) is 5.75 Å². The number of hydrogen-bond donors (Lipinski definition) is 1. The van der Waals surface area contributed by atoms with Crippen molar-refractivity contribution in [1.82, 2.24) is 5.32 Å². The second-order valence-electron chi connectivity index (χ2n) is 5.41. The summed E-state index contributed by atoms with van der Waals surface area (Å²) >= 11 is 6.06. The molecule has 0 spiro atoms. The van der Waals surface area contributed by atoms with Crippen molar-refractivity contribution in [2.45, 2.75) is 25.5 Å². The van der Waals surface area contributed by atoms with Crippen LogP contribution in [-0.2, 0) is 5.72 Å². The van der Waals surface area contributed by atoms with Gasteiger partial charge in [0.2, 0.25) is 0 Å². The Morgan fingerprint density at radius 2 is 2.00 bits per heavy atom. The molecular formula is C19H20ClFN2O. The van der Waals surface area contributed by atoms with Crippen LogP contribution in [0.2, 0.25) is 5.02 Å². The second-order valence-corrected chi connectivity index (χ2v) is 5.85. The first-order chi connectivity index (χ1) is 11.6. The molecule has 1 unspecified atom stereocenters. The zero-order valence-electron chi connectivity index (χ0n) is 13.6. The molecule has 0 saturated carbocycles. The summed E-state index contributed by atoms with van der Waals surface area (Å²) in [5, 5.41) is 13.0. The predicted octanol–water partition coefficient (Wildman–Crippen LogP) is 4.80. The number of nitrogens with one attached hydrogen (secondary N) is 1. The van der Waals surface area contributed by atoms with Crippen molar-refractivity contribution in [2.75, 3.05) is 13.2 Å². The topological polar surface area (TPSA) is 45.0 Å². The molecule has 3 nitrogen and oxygen atoms in total. The first-order valence-corrected chi connectivity index (χ1v) is 8.28. The van der Waals surface area contributed by atoms with Gasteiger partial charge in [0.15, 0.2) is 5.72 Å². The van der Waals surface area contributed by atoms with E-state index in [1.54, 1.807) is 18.2 Å². The molecule has 24 heavy (non-hydrogen) atoms. The van der Waals surface area contributed by atoms with E-state index in [0.29, 0.717) is 22.8 Å². The van der Waals surface area contributed by atoms with Crippen molar-refractivity contribution >= 4 is 11.6 Å². The van der Waals surface area contributed by atoms with Crippen molar-refractivity contribution < 1.29 is 9.13 Å². The number of alkyl halides is 1. The number of rotatable bonds is 8. The summed E-state index contributed by atoms with van der Waals surface area (Å²) in [4.78, 5) is 0. The Morgan fingerprint density at radius 3 is 2.62 bits per heavy atom. The minimum atomic E-state index is -0.918. The molecule has 0 radical (unpaired) electrons. The van der Waals surface area contributed by atoms with Gasteiger partial charge in [-0.1, -0.05) is 55.3 Å². The molecule has 5 heteroatoms. The average Bonchev–Trinajstić information content (AvgIpc) is 2.61. The minimum Gasteiger partial charge on any atom is -0.467 e. The van der Waals surface area contributed by atoms with Crippen molar-refractivity contribution in [3.63, 3.8) is 0 Å². The summed E-state index contributed by atoms with van der Waals surface area (Å²) in [5.41, 5.74) is 0.347. The summed E-state index contributed by atoms with van der Waals surface area (Å²) in [6.07, 6.45) is 1.44. The Balaban J connectivity index is 2.49. The van der Waals surface area contributed by atoms with E-state index in [9.17, 15) is 9.65 Å². The van der Waals surface area contributed by atoms with Gasteiger partial charge in [-0.2, -0.15) is 5.26 Å². The van der Waals surface area contributed by atoms with Gasteiger partial charge < -0.3 is 4.74 Å². The first-order valence-electron chi connectivity index (χ1n) is 7.90. The highest BCUT2D eigenvalue weighted by molar-refractivity contribution is 6.30. The lowest BCUT2D eigenvalue weighted by Gasteiger charge is -2.36. The van der Waals surface area contributed by atoms with E-state index in [0.717, 1.165) is 12.0 Å². The molecule has 1 atom stereocenters.